The zero-order valence-electron chi connectivity index (χ0n) is 16.5. The Hall–Kier alpha value is -2.61. The van der Waals surface area contributed by atoms with Gasteiger partial charge in [-0.15, -0.1) is 11.3 Å². The van der Waals surface area contributed by atoms with Gasteiger partial charge in [-0.1, -0.05) is 5.16 Å². The fraction of sp³-hybridized carbons (Fsp3) is 0.450. The van der Waals surface area contributed by atoms with Crippen LogP contribution in [0.25, 0.3) is 11.3 Å². The van der Waals surface area contributed by atoms with Crippen LogP contribution >= 0.6 is 11.3 Å². The number of nitrogens with zero attached hydrogens (tertiary/aromatic N) is 5. The van der Waals surface area contributed by atoms with Crippen molar-refractivity contribution in [2.24, 2.45) is 0 Å². The lowest BCUT2D eigenvalue weighted by Crippen LogP contribution is -2.38. The highest BCUT2D eigenvalue weighted by molar-refractivity contribution is 7.11. The van der Waals surface area contributed by atoms with E-state index in [-0.39, 0.29) is 5.91 Å². The molecule has 4 heterocycles. The molecule has 4 rings (SSSR count). The summed E-state index contributed by atoms with van der Waals surface area (Å²) in [5, 5.41) is 4.04. The first kappa shape index (κ1) is 18.7. The maximum atomic E-state index is 12.7. The molecule has 0 radical (unpaired) electrons. The number of hydrogen-bond acceptors (Lipinski definition) is 7. The van der Waals surface area contributed by atoms with E-state index in [9.17, 15) is 4.79 Å². The summed E-state index contributed by atoms with van der Waals surface area (Å²) >= 11 is 1.42. The fourth-order valence-electron chi connectivity index (χ4n) is 3.81. The Balaban J connectivity index is 1.52. The number of carbonyl (C=O) groups excluding carboxylic acids is 1. The number of piperidine rings is 1. The van der Waals surface area contributed by atoms with Crippen molar-refractivity contribution in [3.05, 3.63) is 45.1 Å². The summed E-state index contributed by atoms with van der Waals surface area (Å²) in [6.45, 7) is 9.08. The smallest absolute Gasteiger partial charge is 0.265 e. The largest absolute Gasteiger partial charge is 0.361 e. The Kier molecular flexibility index (Phi) is 4.97. The molecule has 1 amide bonds. The third-order valence-corrected chi connectivity index (χ3v) is 6.20. The number of carbonyl (C=O) groups is 1. The van der Waals surface area contributed by atoms with Crippen molar-refractivity contribution in [2.75, 3.05) is 13.1 Å². The molecule has 3 aromatic heterocycles. The molecule has 1 saturated heterocycles. The molecule has 0 aromatic carbocycles. The maximum Gasteiger partial charge on any atom is 0.265 e. The molecule has 1 aliphatic rings. The molecule has 3 aromatic rings. The molecule has 1 aliphatic heterocycles. The van der Waals surface area contributed by atoms with Gasteiger partial charge in [0.2, 0.25) is 0 Å². The van der Waals surface area contributed by atoms with Gasteiger partial charge in [0.1, 0.15) is 16.5 Å². The summed E-state index contributed by atoms with van der Waals surface area (Å²) in [5.74, 6) is 1.91. The van der Waals surface area contributed by atoms with Gasteiger partial charge in [-0.2, -0.15) is 0 Å². The number of thiazole rings is 1. The van der Waals surface area contributed by atoms with Crippen molar-refractivity contribution in [1.29, 1.82) is 0 Å². The zero-order chi connectivity index (χ0) is 19.8. The van der Waals surface area contributed by atoms with Crippen LogP contribution in [0.2, 0.25) is 0 Å². The number of aryl methyl sites for hydroxylation is 4. The molecule has 0 saturated carbocycles. The second kappa shape index (κ2) is 7.43. The van der Waals surface area contributed by atoms with Gasteiger partial charge in [-0.3, -0.25) is 4.79 Å². The highest BCUT2D eigenvalue weighted by Crippen LogP contribution is 2.32. The van der Waals surface area contributed by atoms with E-state index < -0.39 is 0 Å². The highest BCUT2D eigenvalue weighted by Gasteiger charge is 2.28. The lowest BCUT2D eigenvalue weighted by atomic mass is 9.92. The third-order valence-electron chi connectivity index (χ3n) is 5.29. The topological polar surface area (TPSA) is 85.0 Å². The second-order valence-corrected chi connectivity index (χ2v) is 8.11. The number of likely N-dealkylation sites (tertiary alicyclic amines) is 1. The van der Waals surface area contributed by atoms with E-state index in [4.69, 9.17) is 4.52 Å². The first-order valence-corrected chi connectivity index (χ1v) is 10.3. The number of rotatable bonds is 3. The summed E-state index contributed by atoms with van der Waals surface area (Å²) in [7, 11) is 0. The number of aromatic nitrogens is 4. The lowest BCUT2D eigenvalue weighted by molar-refractivity contribution is 0.0716. The molecule has 8 heteroatoms. The van der Waals surface area contributed by atoms with E-state index in [1.165, 1.54) is 11.3 Å². The standard InChI is InChI=1S/C20H23N5O2S/c1-11-18(13(3)27-24-11)17-9-16(22-14(4)23-17)15-5-7-25(8-6-15)20(26)19-12(2)21-10-28-19/h9-10,15H,5-8H2,1-4H3. The first-order chi connectivity index (χ1) is 13.4. The minimum Gasteiger partial charge on any atom is -0.361 e. The van der Waals surface area contributed by atoms with E-state index in [0.717, 1.165) is 70.7 Å². The quantitative estimate of drug-likeness (QED) is 0.667. The number of amides is 1. The van der Waals surface area contributed by atoms with Crippen LogP contribution in [-0.2, 0) is 0 Å². The summed E-state index contributed by atoms with van der Waals surface area (Å²) in [6.07, 6.45) is 1.78. The van der Waals surface area contributed by atoms with Crippen LogP contribution in [0.4, 0.5) is 0 Å². The Bertz CT molecular complexity index is 998. The third kappa shape index (κ3) is 3.44. The molecule has 0 aliphatic carbocycles. The van der Waals surface area contributed by atoms with Crippen LogP contribution < -0.4 is 0 Å². The first-order valence-electron chi connectivity index (χ1n) is 9.42. The highest BCUT2D eigenvalue weighted by atomic mass is 32.1. The van der Waals surface area contributed by atoms with E-state index in [1.54, 1.807) is 5.51 Å². The van der Waals surface area contributed by atoms with Crippen LogP contribution in [0, 0.1) is 27.7 Å². The summed E-state index contributed by atoms with van der Waals surface area (Å²) in [6, 6.07) is 2.05. The molecule has 0 N–H and O–H groups in total. The molecular formula is C20H23N5O2S. The van der Waals surface area contributed by atoms with Crippen LogP contribution in [-0.4, -0.2) is 44.0 Å². The Morgan fingerprint density at radius 1 is 1.14 bits per heavy atom. The molecule has 7 nitrogen and oxygen atoms in total. The van der Waals surface area contributed by atoms with Gasteiger partial charge in [0.25, 0.3) is 5.91 Å². The molecular weight excluding hydrogens is 374 g/mol. The number of hydrogen-bond donors (Lipinski definition) is 0. The van der Waals surface area contributed by atoms with Crippen molar-refractivity contribution in [1.82, 2.24) is 25.0 Å². The van der Waals surface area contributed by atoms with Gasteiger partial charge in [-0.05, 0) is 46.6 Å². The summed E-state index contributed by atoms with van der Waals surface area (Å²) in [5.41, 5.74) is 6.21. The molecule has 146 valence electrons. The van der Waals surface area contributed by atoms with E-state index in [1.807, 2.05) is 32.6 Å². The normalized spacial score (nSPS) is 15.2. The van der Waals surface area contributed by atoms with Crippen LogP contribution in [0.1, 0.15) is 57.1 Å². The van der Waals surface area contributed by atoms with Gasteiger partial charge in [-0.25, -0.2) is 15.0 Å². The Morgan fingerprint density at radius 2 is 1.89 bits per heavy atom. The van der Waals surface area contributed by atoms with Gasteiger partial charge in [0, 0.05) is 24.7 Å². The monoisotopic (exact) mass is 397 g/mol. The SMILES string of the molecule is Cc1nc(-c2c(C)noc2C)cc(C2CCN(C(=O)c3scnc3C)CC2)n1. The predicted octanol–water partition coefficient (Wildman–Crippen LogP) is 3.84. The average molecular weight is 398 g/mol. The van der Waals surface area contributed by atoms with Gasteiger partial charge in [0.05, 0.1) is 28.2 Å². The molecule has 0 spiro atoms. The summed E-state index contributed by atoms with van der Waals surface area (Å²) < 4.78 is 5.30. The van der Waals surface area contributed by atoms with Gasteiger partial charge >= 0.3 is 0 Å². The van der Waals surface area contributed by atoms with E-state index >= 15 is 0 Å². The van der Waals surface area contributed by atoms with Crippen LogP contribution in [0.5, 0.6) is 0 Å². The van der Waals surface area contributed by atoms with Crippen LogP contribution in [0.3, 0.4) is 0 Å². The van der Waals surface area contributed by atoms with Crippen molar-refractivity contribution in [3.63, 3.8) is 0 Å². The molecule has 0 unspecified atom stereocenters. The summed E-state index contributed by atoms with van der Waals surface area (Å²) in [4.78, 5) is 28.9. The molecule has 1 fully saturated rings. The average Bonchev–Trinajstić information content (AvgIpc) is 3.25. The van der Waals surface area contributed by atoms with E-state index in [0.29, 0.717) is 5.92 Å². The maximum absolute atomic E-state index is 12.7. The Morgan fingerprint density at radius 3 is 2.50 bits per heavy atom. The van der Waals surface area contributed by atoms with Crippen molar-refractivity contribution in [2.45, 2.75) is 46.5 Å². The van der Waals surface area contributed by atoms with Crippen molar-refractivity contribution in [3.8, 4) is 11.3 Å². The molecule has 0 bridgehead atoms. The molecule has 0 atom stereocenters. The van der Waals surface area contributed by atoms with E-state index in [2.05, 4.69) is 26.2 Å². The lowest BCUT2D eigenvalue weighted by Gasteiger charge is -2.31. The zero-order valence-corrected chi connectivity index (χ0v) is 17.3. The second-order valence-electron chi connectivity index (χ2n) is 7.26. The van der Waals surface area contributed by atoms with Crippen molar-refractivity contribution < 1.29 is 9.32 Å². The van der Waals surface area contributed by atoms with Crippen LogP contribution in [0.15, 0.2) is 16.1 Å². The van der Waals surface area contributed by atoms with Crippen molar-refractivity contribution >= 4 is 17.2 Å². The predicted molar refractivity (Wildman–Crippen MR) is 106 cm³/mol. The molecule has 28 heavy (non-hydrogen) atoms. The minimum atomic E-state index is 0.0914. The Labute approximate surface area is 167 Å². The minimum absolute atomic E-state index is 0.0914. The fourth-order valence-corrected chi connectivity index (χ4v) is 4.58. The van der Waals surface area contributed by atoms with Gasteiger partial charge in [0.15, 0.2) is 0 Å². The van der Waals surface area contributed by atoms with Gasteiger partial charge < -0.3 is 9.42 Å².